The van der Waals surface area contributed by atoms with Gasteiger partial charge in [-0.2, -0.15) is 5.10 Å². The van der Waals surface area contributed by atoms with Gasteiger partial charge in [-0.3, -0.25) is 0 Å². The molecule has 0 bridgehead atoms. The van der Waals surface area contributed by atoms with E-state index < -0.39 is 0 Å². The third-order valence-corrected chi connectivity index (χ3v) is 4.26. The Morgan fingerprint density at radius 3 is 2.80 bits per heavy atom. The Morgan fingerprint density at radius 1 is 1.25 bits per heavy atom. The fraction of sp³-hybridized carbons (Fsp3) is 0.867. The van der Waals surface area contributed by atoms with E-state index in [1.165, 1.54) is 32.1 Å². The molecule has 5 heteroatoms. The third kappa shape index (κ3) is 3.04. The van der Waals surface area contributed by atoms with Crippen molar-refractivity contribution in [3.05, 3.63) is 11.6 Å². The number of aromatic nitrogens is 3. The van der Waals surface area contributed by atoms with Gasteiger partial charge in [0.1, 0.15) is 6.10 Å². The molecule has 0 unspecified atom stereocenters. The van der Waals surface area contributed by atoms with E-state index in [2.05, 4.69) is 11.6 Å². The predicted octanol–water partition coefficient (Wildman–Crippen LogP) is 2.82. The summed E-state index contributed by atoms with van der Waals surface area (Å²) in [6.45, 7) is 5.09. The number of aryl methyl sites for hydroxylation is 1. The van der Waals surface area contributed by atoms with Crippen LogP contribution in [0.3, 0.4) is 0 Å². The summed E-state index contributed by atoms with van der Waals surface area (Å²) < 4.78 is 13.4. The molecule has 2 fully saturated rings. The van der Waals surface area contributed by atoms with E-state index in [1.807, 2.05) is 0 Å². The Balaban J connectivity index is 1.80. The summed E-state index contributed by atoms with van der Waals surface area (Å²) in [5, 5.41) is 4.77. The Bertz CT molecular complexity index is 421. The maximum Gasteiger partial charge on any atom is 0.158 e. The van der Waals surface area contributed by atoms with Gasteiger partial charge in [-0.25, -0.2) is 9.67 Å². The third-order valence-electron chi connectivity index (χ3n) is 4.26. The van der Waals surface area contributed by atoms with Gasteiger partial charge in [0.2, 0.25) is 0 Å². The van der Waals surface area contributed by atoms with E-state index in [1.54, 1.807) is 0 Å². The zero-order valence-corrected chi connectivity index (χ0v) is 12.4. The minimum absolute atomic E-state index is 0.0386. The lowest BCUT2D eigenvalue weighted by molar-refractivity contribution is -0.0950. The van der Waals surface area contributed by atoms with Crippen molar-refractivity contribution in [2.45, 2.75) is 64.0 Å². The van der Waals surface area contributed by atoms with Crippen LogP contribution < -0.4 is 0 Å². The fourth-order valence-corrected chi connectivity index (χ4v) is 3.08. The van der Waals surface area contributed by atoms with Gasteiger partial charge in [0, 0.05) is 12.5 Å². The monoisotopic (exact) mass is 279 g/mol. The number of hydrogen-bond donors (Lipinski definition) is 0. The zero-order valence-electron chi connectivity index (χ0n) is 12.4. The van der Waals surface area contributed by atoms with Crippen LogP contribution in [0.2, 0.25) is 0 Å². The Labute approximate surface area is 120 Å². The second-order valence-electron chi connectivity index (χ2n) is 5.82. The summed E-state index contributed by atoms with van der Waals surface area (Å²) >= 11 is 0. The highest BCUT2D eigenvalue weighted by Crippen LogP contribution is 2.33. The number of rotatable bonds is 5. The van der Waals surface area contributed by atoms with Crippen molar-refractivity contribution in [1.82, 2.24) is 14.8 Å². The highest BCUT2D eigenvalue weighted by Gasteiger charge is 2.27. The first kappa shape index (κ1) is 14.0. The van der Waals surface area contributed by atoms with E-state index >= 15 is 0 Å². The van der Waals surface area contributed by atoms with Crippen LogP contribution in [0.4, 0.5) is 0 Å². The Morgan fingerprint density at radius 2 is 2.10 bits per heavy atom. The van der Waals surface area contributed by atoms with Gasteiger partial charge in [-0.1, -0.05) is 26.2 Å². The largest absolute Gasteiger partial charge is 0.376 e. The molecule has 2 aliphatic rings. The van der Waals surface area contributed by atoms with E-state index in [0.29, 0.717) is 25.7 Å². The summed E-state index contributed by atoms with van der Waals surface area (Å²) in [5.74, 6) is 2.56. The van der Waals surface area contributed by atoms with E-state index in [-0.39, 0.29) is 6.10 Å². The maximum absolute atomic E-state index is 5.81. The lowest BCUT2D eigenvalue weighted by Gasteiger charge is -2.22. The molecule has 112 valence electrons. The molecule has 0 N–H and O–H groups in total. The van der Waals surface area contributed by atoms with Crippen molar-refractivity contribution in [2.75, 3.05) is 19.8 Å². The first-order valence-electron chi connectivity index (χ1n) is 8.02. The highest BCUT2D eigenvalue weighted by molar-refractivity contribution is 5.04. The van der Waals surface area contributed by atoms with Gasteiger partial charge in [-0.15, -0.1) is 0 Å². The minimum atomic E-state index is -0.0386. The van der Waals surface area contributed by atoms with Crippen molar-refractivity contribution in [2.24, 2.45) is 0 Å². The highest BCUT2D eigenvalue weighted by atomic mass is 16.6. The number of nitrogens with zero attached hydrogens (tertiary/aromatic N) is 3. The summed E-state index contributed by atoms with van der Waals surface area (Å²) in [5.41, 5.74) is 0. The Kier molecular flexibility index (Phi) is 4.68. The molecular weight excluding hydrogens is 254 g/mol. The molecule has 1 aliphatic heterocycles. The maximum atomic E-state index is 5.81. The van der Waals surface area contributed by atoms with Crippen molar-refractivity contribution in [3.8, 4) is 0 Å². The molecule has 0 spiro atoms. The molecule has 0 radical (unpaired) electrons. The predicted molar refractivity (Wildman–Crippen MR) is 75.7 cm³/mol. The molecule has 2 heterocycles. The molecule has 1 saturated heterocycles. The average molecular weight is 279 g/mol. The molecule has 1 aromatic heterocycles. The second-order valence-corrected chi connectivity index (χ2v) is 5.82. The molecule has 1 aromatic rings. The average Bonchev–Trinajstić information content (AvgIpc) is 3.15. The molecular formula is C15H25N3O2. The summed E-state index contributed by atoms with van der Waals surface area (Å²) in [4.78, 5) is 4.82. The normalized spacial score (nSPS) is 24.4. The molecule has 1 atom stereocenters. The van der Waals surface area contributed by atoms with E-state index in [9.17, 15) is 0 Å². The van der Waals surface area contributed by atoms with Gasteiger partial charge in [-0.05, 0) is 19.3 Å². The van der Waals surface area contributed by atoms with Gasteiger partial charge in [0.15, 0.2) is 11.6 Å². The van der Waals surface area contributed by atoms with Crippen molar-refractivity contribution in [1.29, 1.82) is 0 Å². The molecule has 0 amide bonds. The fourth-order valence-electron chi connectivity index (χ4n) is 3.08. The number of unbranched alkanes of at least 4 members (excludes halogenated alkanes) is 1. The van der Waals surface area contributed by atoms with Crippen LogP contribution in [-0.2, 0) is 16.0 Å². The summed E-state index contributed by atoms with van der Waals surface area (Å²) in [6.07, 6.45) is 7.36. The van der Waals surface area contributed by atoms with Crippen LogP contribution >= 0.6 is 0 Å². The van der Waals surface area contributed by atoms with Crippen molar-refractivity contribution >= 4 is 0 Å². The van der Waals surface area contributed by atoms with Gasteiger partial charge in [0.05, 0.1) is 19.8 Å². The molecule has 20 heavy (non-hydrogen) atoms. The first-order valence-corrected chi connectivity index (χ1v) is 8.02. The van der Waals surface area contributed by atoms with Gasteiger partial charge in [0.25, 0.3) is 0 Å². The van der Waals surface area contributed by atoms with Gasteiger partial charge >= 0.3 is 0 Å². The Hall–Kier alpha value is -0.940. The quantitative estimate of drug-likeness (QED) is 0.831. The molecule has 0 aromatic carbocycles. The molecule has 3 rings (SSSR count). The zero-order chi connectivity index (χ0) is 13.8. The molecule has 5 nitrogen and oxygen atoms in total. The van der Waals surface area contributed by atoms with Crippen LogP contribution in [-0.4, -0.2) is 34.6 Å². The van der Waals surface area contributed by atoms with Crippen LogP contribution in [0.25, 0.3) is 0 Å². The lowest BCUT2D eigenvalue weighted by Crippen LogP contribution is -2.25. The van der Waals surface area contributed by atoms with Crippen molar-refractivity contribution < 1.29 is 9.47 Å². The minimum Gasteiger partial charge on any atom is -0.376 e. The van der Waals surface area contributed by atoms with E-state index in [4.69, 9.17) is 19.6 Å². The first-order chi connectivity index (χ1) is 9.88. The van der Waals surface area contributed by atoms with E-state index in [0.717, 1.165) is 24.6 Å². The molecule has 1 saturated carbocycles. The number of hydrogen-bond acceptors (Lipinski definition) is 4. The van der Waals surface area contributed by atoms with Crippen molar-refractivity contribution in [3.63, 3.8) is 0 Å². The molecule has 1 aliphatic carbocycles. The van der Waals surface area contributed by atoms with Crippen LogP contribution in [0.15, 0.2) is 0 Å². The van der Waals surface area contributed by atoms with Gasteiger partial charge < -0.3 is 9.47 Å². The topological polar surface area (TPSA) is 49.2 Å². The lowest BCUT2D eigenvalue weighted by atomic mass is 10.1. The van der Waals surface area contributed by atoms with Crippen LogP contribution in [0.5, 0.6) is 0 Å². The summed E-state index contributed by atoms with van der Waals surface area (Å²) in [6, 6.07) is 0. The standard InChI is InChI=1S/C15H25N3O2/c1-2-3-8-18-15(13-11-19-9-10-20-13)16-14(17-18)12-6-4-5-7-12/h12-13H,2-11H2,1H3/t13-/m1/s1. The smallest absolute Gasteiger partial charge is 0.158 e. The number of ether oxygens (including phenoxy) is 2. The summed E-state index contributed by atoms with van der Waals surface area (Å²) in [7, 11) is 0. The second kappa shape index (κ2) is 6.68. The van der Waals surface area contributed by atoms with Crippen LogP contribution in [0.1, 0.15) is 69.1 Å². The SMILES string of the molecule is CCCCn1nc(C2CCCC2)nc1[C@H]1COCCO1. The van der Waals surface area contributed by atoms with Crippen LogP contribution in [0, 0.1) is 0 Å².